The average molecular weight is 390 g/mol. The first-order chi connectivity index (χ1) is 13.1. The van der Waals surface area contributed by atoms with Gasteiger partial charge in [-0.3, -0.25) is 4.79 Å². The van der Waals surface area contributed by atoms with Gasteiger partial charge in [-0.05, 0) is 64.7 Å². The quantitative estimate of drug-likeness (QED) is 0.758. The number of hydrogen-bond acceptors (Lipinski definition) is 4. The molecule has 2 atom stereocenters. The summed E-state index contributed by atoms with van der Waals surface area (Å²) in [5.41, 5.74) is 0.333. The number of aromatic nitrogens is 2. The lowest BCUT2D eigenvalue weighted by Gasteiger charge is -2.35. The van der Waals surface area contributed by atoms with Gasteiger partial charge in [-0.2, -0.15) is 0 Å². The van der Waals surface area contributed by atoms with Crippen molar-refractivity contribution in [3.63, 3.8) is 0 Å². The van der Waals surface area contributed by atoms with Crippen molar-refractivity contribution in [2.75, 3.05) is 6.54 Å². The zero-order valence-corrected chi connectivity index (χ0v) is 18.0. The van der Waals surface area contributed by atoms with E-state index in [2.05, 4.69) is 29.6 Å². The van der Waals surface area contributed by atoms with Crippen LogP contribution in [0, 0.1) is 17.8 Å². The number of ether oxygens (including phenoxy) is 1. The zero-order valence-electron chi connectivity index (χ0n) is 18.0. The van der Waals surface area contributed by atoms with Crippen LogP contribution in [0.3, 0.4) is 0 Å². The Balaban J connectivity index is 1.65. The molecule has 156 valence electrons. The van der Waals surface area contributed by atoms with Gasteiger partial charge in [0.25, 0.3) is 0 Å². The number of carbonyl (C=O) groups excluding carboxylic acids is 2. The minimum atomic E-state index is -0.607. The van der Waals surface area contributed by atoms with E-state index in [4.69, 9.17) is 4.74 Å². The Morgan fingerprint density at radius 2 is 1.86 bits per heavy atom. The third-order valence-corrected chi connectivity index (χ3v) is 5.93. The molecule has 1 saturated heterocycles. The van der Waals surface area contributed by atoms with E-state index >= 15 is 0 Å². The highest BCUT2D eigenvalue weighted by Gasteiger charge is 2.38. The molecule has 2 fully saturated rings. The first kappa shape index (κ1) is 20.9. The second-order valence-corrected chi connectivity index (χ2v) is 9.90. The molecule has 0 N–H and O–H groups in total. The zero-order chi connectivity index (χ0) is 20.5. The van der Waals surface area contributed by atoms with Gasteiger partial charge in [0.1, 0.15) is 5.60 Å². The Kier molecular flexibility index (Phi) is 6.15. The molecular weight excluding hydrogens is 354 g/mol. The summed E-state index contributed by atoms with van der Waals surface area (Å²) < 4.78 is 7.66. The van der Waals surface area contributed by atoms with Gasteiger partial charge in [-0.1, -0.05) is 13.8 Å². The van der Waals surface area contributed by atoms with Crippen LogP contribution in [0.2, 0.25) is 0 Å². The van der Waals surface area contributed by atoms with Gasteiger partial charge in [0.2, 0.25) is 5.91 Å². The summed E-state index contributed by atoms with van der Waals surface area (Å²) >= 11 is 0. The summed E-state index contributed by atoms with van der Waals surface area (Å²) in [5.74, 6) is 0.732. The molecular formula is C22H35N3O3. The first-order valence-electron chi connectivity index (χ1n) is 10.7. The van der Waals surface area contributed by atoms with Crippen molar-refractivity contribution in [1.82, 2.24) is 14.5 Å². The summed E-state index contributed by atoms with van der Waals surface area (Å²) in [7, 11) is 0. The maximum Gasteiger partial charge on any atom is 0.417 e. The molecule has 6 nitrogen and oxygen atoms in total. The predicted molar refractivity (Wildman–Crippen MR) is 108 cm³/mol. The highest BCUT2D eigenvalue weighted by molar-refractivity contribution is 5.94. The average Bonchev–Trinajstić information content (AvgIpc) is 3.05. The molecule has 2 aliphatic rings. The van der Waals surface area contributed by atoms with Crippen LogP contribution in [0.25, 0.3) is 0 Å². The molecule has 0 unspecified atom stereocenters. The van der Waals surface area contributed by atoms with Gasteiger partial charge in [-0.25, -0.2) is 14.7 Å². The fraction of sp³-hybridized carbons (Fsp3) is 0.773. The van der Waals surface area contributed by atoms with Crippen LogP contribution in [-0.4, -0.2) is 38.6 Å². The number of imide groups is 1. The number of piperidine rings is 1. The third-order valence-electron chi connectivity index (χ3n) is 5.93. The van der Waals surface area contributed by atoms with Crippen molar-refractivity contribution in [3.05, 3.63) is 18.2 Å². The first-order valence-corrected chi connectivity index (χ1v) is 10.7. The van der Waals surface area contributed by atoms with E-state index in [0.717, 1.165) is 18.0 Å². The van der Waals surface area contributed by atoms with Gasteiger partial charge >= 0.3 is 6.09 Å². The molecule has 2 heterocycles. The molecule has 1 saturated carbocycles. The molecule has 28 heavy (non-hydrogen) atoms. The molecule has 0 spiro atoms. The van der Waals surface area contributed by atoms with Gasteiger partial charge in [0.15, 0.2) is 0 Å². The van der Waals surface area contributed by atoms with E-state index < -0.39 is 11.7 Å². The Bertz CT molecular complexity index is 698. The highest BCUT2D eigenvalue weighted by atomic mass is 16.6. The number of amides is 2. The highest BCUT2D eigenvalue weighted by Crippen LogP contribution is 2.32. The number of imidazole rings is 1. The van der Waals surface area contributed by atoms with Crippen LogP contribution >= 0.6 is 0 Å². The smallest absolute Gasteiger partial charge is 0.417 e. The monoisotopic (exact) mass is 389 g/mol. The lowest BCUT2D eigenvalue weighted by Crippen LogP contribution is -2.50. The van der Waals surface area contributed by atoms with Gasteiger partial charge in [-0.15, -0.1) is 0 Å². The maximum atomic E-state index is 12.9. The van der Waals surface area contributed by atoms with E-state index in [9.17, 15) is 9.59 Å². The van der Waals surface area contributed by atoms with Crippen molar-refractivity contribution >= 4 is 12.0 Å². The summed E-state index contributed by atoms with van der Waals surface area (Å²) in [6.45, 7) is 10.3. The number of nitrogens with zero attached hydrogens (tertiary/aromatic N) is 3. The minimum Gasteiger partial charge on any atom is -0.443 e. The molecule has 0 bridgehead atoms. The molecule has 0 aromatic carbocycles. The molecule has 6 heteroatoms. The molecule has 1 aromatic heterocycles. The fourth-order valence-electron chi connectivity index (χ4n) is 4.41. The van der Waals surface area contributed by atoms with Crippen LogP contribution < -0.4 is 0 Å². The number of likely N-dealkylation sites (tertiary alicyclic amines) is 1. The van der Waals surface area contributed by atoms with E-state index in [-0.39, 0.29) is 17.7 Å². The van der Waals surface area contributed by atoms with Crippen molar-refractivity contribution < 1.29 is 14.3 Å². The summed E-state index contributed by atoms with van der Waals surface area (Å²) in [4.78, 5) is 31.3. The molecule has 1 aromatic rings. The Morgan fingerprint density at radius 3 is 2.50 bits per heavy atom. The number of carbonyl (C=O) groups is 2. The largest absolute Gasteiger partial charge is 0.443 e. The van der Waals surface area contributed by atoms with E-state index in [1.807, 2.05) is 27.1 Å². The van der Waals surface area contributed by atoms with Crippen molar-refractivity contribution in [1.29, 1.82) is 0 Å². The summed E-state index contributed by atoms with van der Waals surface area (Å²) in [5, 5.41) is 0. The SMILES string of the molecule is C[C@@H]1C[C@@H](Cc2cn([C@H]3CC[C@H](C)CC3)cn2)C(=O)N(C(=O)OC(C)(C)C)C1. The van der Waals surface area contributed by atoms with Crippen LogP contribution in [-0.2, 0) is 16.0 Å². The predicted octanol–water partition coefficient (Wildman–Crippen LogP) is 4.60. The van der Waals surface area contributed by atoms with E-state index in [0.29, 0.717) is 19.0 Å². The molecule has 1 aliphatic heterocycles. The van der Waals surface area contributed by atoms with Crippen LogP contribution in [0.15, 0.2) is 12.5 Å². The molecule has 1 aliphatic carbocycles. The van der Waals surface area contributed by atoms with Crippen molar-refractivity contribution in [2.24, 2.45) is 17.8 Å². The standard InChI is InChI=1S/C22H35N3O3/c1-15-6-8-19(9-7-15)24-13-18(23-14-24)11-17-10-16(2)12-25(20(17)26)21(27)28-22(3,4)5/h13-17,19H,6-12H2,1-5H3/t15-,16-,17+,19-/m1/s1. The maximum absolute atomic E-state index is 12.9. The minimum absolute atomic E-state index is 0.131. The second kappa shape index (κ2) is 8.26. The van der Waals surface area contributed by atoms with Crippen LogP contribution in [0.1, 0.15) is 78.5 Å². The molecule has 3 rings (SSSR count). The fourth-order valence-corrected chi connectivity index (χ4v) is 4.41. The van der Waals surface area contributed by atoms with Crippen molar-refractivity contribution in [2.45, 2.75) is 84.8 Å². The van der Waals surface area contributed by atoms with Crippen LogP contribution in [0.5, 0.6) is 0 Å². The molecule has 2 amide bonds. The Hall–Kier alpha value is -1.85. The van der Waals surface area contributed by atoms with E-state index in [1.165, 1.54) is 30.6 Å². The lowest BCUT2D eigenvalue weighted by atomic mass is 9.86. The summed E-state index contributed by atoms with van der Waals surface area (Å²) in [6.07, 6.45) is 9.78. The number of hydrogen-bond donors (Lipinski definition) is 0. The van der Waals surface area contributed by atoms with Gasteiger partial charge in [0, 0.05) is 31.1 Å². The lowest BCUT2D eigenvalue weighted by molar-refractivity contribution is -0.138. The molecule has 0 radical (unpaired) electrons. The van der Waals surface area contributed by atoms with Crippen molar-refractivity contribution in [3.8, 4) is 0 Å². The van der Waals surface area contributed by atoms with Gasteiger partial charge in [0.05, 0.1) is 12.0 Å². The van der Waals surface area contributed by atoms with Crippen LogP contribution in [0.4, 0.5) is 4.79 Å². The van der Waals surface area contributed by atoms with E-state index in [1.54, 1.807) is 0 Å². The Labute approximate surface area is 168 Å². The Morgan fingerprint density at radius 1 is 1.18 bits per heavy atom. The van der Waals surface area contributed by atoms with Gasteiger partial charge < -0.3 is 9.30 Å². The summed E-state index contributed by atoms with van der Waals surface area (Å²) in [6, 6.07) is 0.525. The topological polar surface area (TPSA) is 64.4 Å². The second-order valence-electron chi connectivity index (χ2n) is 9.90. The number of rotatable bonds is 3. The third kappa shape index (κ3) is 5.15. The normalized spacial score (nSPS) is 29.0.